The van der Waals surface area contributed by atoms with E-state index in [1.807, 2.05) is 18.2 Å². The first-order valence-corrected chi connectivity index (χ1v) is 8.50. The molecule has 0 radical (unpaired) electrons. The highest BCUT2D eigenvalue weighted by Crippen LogP contribution is 2.16. The fourth-order valence-electron chi connectivity index (χ4n) is 1.39. The predicted molar refractivity (Wildman–Crippen MR) is 103 cm³/mol. The van der Waals surface area contributed by atoms with Crippen LogP contribution in [0.15, 0.2) is 54.6 Å². The van der Waals surface area contributed by atoms with Gasteiger partial charge in [0, 0.05) is 11.1 Å². The molecule has 2 aromatic rings. The second-order valence-corrected chi connectivity index (χ2v) is 5.56. The monoisotopic (exact) mass is 392 g/mol. The van der Waals surface area contributed by atoms with Crippen molar-refractivity contribution in [1.82, 2.24) is 0 Å². The zero-order valence-electron chi connectivity index (χ0n) is 14.0. The Morgan fingerprint density at radius 3 is 2.15 bits per heavy atom. The van der Waals surface area contributed by atoms with Crippen LogP contribution in [0, 0.1) is 24.1 Å². The van der Waals surface area contributed by atoms with Gasteiger partial charge in [0.25, 0.3) is 0 Å². The number of halogens is 2. The Morgan fingerprint density at radius 2 is 1.54 bits per heavy atom. The van der Waals surface area contributed by atoms with Gasteiger partial charge in [-0.3, -0.25) is 0 Å². The van der Waals surface area contributed by atoms with E-state index < -0.39 is 12.2 Å². The van der Waals surface area contributed by atoms with Gasteiger partial charge in [0.2, 0.25) is 0 Å². The topological polar surface area (TPSA) is 58.9 Å². The Bertz CT molecular complexity index is 771. The molecule has 6 heteroatoms. The molecule has 2 N–H and O–H groups in total. The van der Waals surface area contributed by atoms with Crippen molar-refractivity contribution in [3.8, 4) is 35.6 Å². The number of hydrogen-bond donors (Lipinski definition) is 2. The van der Waals surface area contributed by atoms with Gasteiger partial charge in [0.15, 0.2) is 0 Å². The van der Waals surface area contributed by atoms with Crippen LogP contribution in [0.25, 0.3) is 0 Å². The van der Waals surface area contributed by atoms with Gasteiger partial charge in [0.1, 0.15) is 35.9 Å². The van der Waals surface area contributed by atoms with Crippen LogP contribution in [0.4, 0.5) is 0 Å². The molecule has 0 amide bonds. The third-order valence-electron chi connectivity index (χ3n) is 2.52. The molecule has 0 aliphatic heterocycles. The summed E-state index contributed by atoms with van der Waals surface area (Å²) in [6.45, 7) is 1.56. The summed E-state index contributed by atoms with van der Waals surface area (Å²) < 4.78 is 9.99. The first-order valence-electron chi connectivity index (χ1n) is 7.58. The number of rotatable bonds is 3. The number of para-hydroxylation sites is 1. The molecule has 136 valence electrons. The van der Waals surface area contributed by atoms with Crippen LogP contribution in [0.2, 0.25) is 5.02 Å². The molecule has 2 aromatic carbocycles. The quantitative estimate of drug-likeness (QED) is 0.617. The Kier molecular flexibility index (Phi) is 10.8. The summed E-state index contributed by atoms with van der Waals surface area (Å²) >= 11 is 11.0. The van der Waals surface area contributed by atoms with E-state index in [4.69, 9.17) is 42.9 Å². The van der Waals surface area contributed by atoms with Gasteiger partial charge < -0.3 is 19.7 Å². The highest BCUT2D eigenvalue weighted by Gasteiger charge is 1.93. The van der Waals surface area contributed by atoms with E-state index in [9.17, 15) is 0 Å². The van der Waals surface area contributed by atoms with Crippen molar-refractivity contribution >= 4 is 23.2 Å². The number of aliphatic hydroxyl groups is 2. The Labute approximate surface area is 163 Å². The highest BCUT2D eigenvalue weighted by atomic mass is 35.5. The first-order chi connectivity index (χ1) is 12.5. The van der Waals surface area contributed by atoms with Gasteiger partial charge in [0.05, 0.1) is 5.88 Å². The third-order valence-corrected chi connectivity index (χ3v) is 3.04. The van der Waals surface area contributed by atoms with Gasteiger partial charge >= 0.3 is 0 Å². The number of ether oxygens (including phenoxy) is 2. The van der Waals surface area contributed by atoms with Crippen molar-refractivity contribution in [3.05, 3.63) is 59.6 Å². The lowest BCUT2D eigenvalue weighted by Gasteiger charge is -1.96. The summed E-state index contributed by atoms with van der Waals surface area (Å²) in [5.41, 5.74) is 0. The molecule has 0 fully saturated rings. The number of hydrogen-bond acceptors (Lipinski definition) is 4. The summed E-state index contributed by atoms with van der Waals surface area (Å²) in [7, 11) is 0. The Balaban J connectivity index is 0.000000260. The Morgan fingerprint density at radius 1 is 0.923 bits per heavy atom. The van der Waals surface area contributed by atoms with E-state index in [0.29, 0.717) is 16.5 Å². The normalized spacial score (nSPS) is 11.3. The summed E-state index contributed by atoms with van der Waals surface area (Å²) in [5.74, 6) is 6.19. The average molecular weight is 393 g/mol. The van der Waals surface area contributed by atoms with Gasteiger partial charge in [-0.1, -0.05) is 35.9 Å². The molecule has 0 heterocycles. The Hall–Kier alpha value is -2.34. The molecular formula is C20H18Cl2O4. The van der Waals surface area contributed by atoms with Crippen molar-refractivity contribution in [3.63, 3.8) is 0 Å². The molecule has 0 spiro atoms. The molecule has 4 nitrogen and oxygen atoms in total. The minimum atomic E-state index is -0.828. The first kappa shape index (κ1) is 21.7. The van der Waals surface area contributed by atoms with Gasteiger partial charge in [-0.15, -0.1) is 11.6 Å². The summed E-state index contributed by atoms with van der Waals surface area (Å²) in [6, 6.07) is 16.0. The van der Waals surface area contributed by atoms with E-state index >= 15 is 0 Å². The van der Waals surface area contributed by atoms with E-state index in [1.54, 1.807) is 43.3 Å². The predicted octanol–water partition coefficient (Wildman–Crippen LogP) is 3.69. The van der Waals surface area contributed by atoms with E-state index in [-0.39, 0.29) is 5.88 Å². The van der Waals surface area contributed by atoms with Crippen LogP contribution >= 0.6 is 23.2 Å². The molecule has 0 aliphatic rings. The molecular weight excluding hydrogens is 375 g/mol. The van der Waals surface area contributed by atoms with E-state index in [1.165, 1.54) is 0 Å². The summed E-state index contributed by atoms with van der Waals surface area (Å²) in [4.78, 5) is 0. The van der Waals surface area contributed by atoms with Crippen LogP contribution in [0.3, 0.4) is 0 Å². The van der Waals surface area contributed by atoms with Gasteiger partial charge in [-0.05, 0) is 43.0 Å². The standard InChI is InChI=1S/2C10H9ClO2/c1-8(12)5-6-13-10-4-2-3-9(11)7-10;11-8-9(12)6-7-13-10-4-2-1-3-5-10/h2-4,7-8,12H,1H3;1-5,9,12H,8H2. The highest BCUT2D eigenvalue weighted by molar-refractivity contribution is 6.30. The molecule has 0 aliphatic carbocycles. The molecule has 0 bridgehead atoms. The van der Waals surface area contributed by atoms with Gasteiger partial charge in [-0.2, -0.15) is 0 Å². The van der Waals surface area contributed by atoms with Crippen molar-refractivity contribution in [2.24, 2.45) is 0 Å². The molecule has 2 unspecified atom stereocenters. The van der Waals surface area contributed by atoms with Crippen LogP contribution in [-0.2, 0) is 0 Å². The maximum absolute atomic E-state index is 8.95. The van der Waals surface area contributed by atoms with E-state index in [2.05, 4.69) is 24.1 Å². The smallest absolute Gasteiger partial charge is 0.141 e. The van der Waals surface area contributed by atoms with Crippen LogP contribution in [-0.4, -0.2) is 28.3 Å². The van der Waals surface area contributed by atoms with E-state index in [0.717, 1.165) is 0 Å². The molecule has 0 saturated carbocycles. The number of benzene rings is 2. The minimum absolute atomic E-state index is 0.0884. The average Bonchev–Trinajstić information content (AvgIpc) is 2.63. The third kappa shape index (κ3) is 10.5. The molecule has 2 rings (SSSR count). The second-order valence-electron chi connectivity index (χ2n) is 4.81. The fourth-order valence-corrected chi connectivity index (χ4v) is 1.65. The SMILES string of the molecule is CC(O)C#COc1cccc(Cl)c1.OC(C#COc1ccccc1)CCl. The van der Waals surface area contributed by atoms with Crippen LogP contribution in [0.1, 0.15) is 6.92 Å². The molecule has 0 saturated heterocycles. The van der Waals surface area contributed by atoms with Crippen molar-refractivity contribution < 1.29 is 19.7 Å². The summed E-state index contributed by atoms with van der Waals surface area (Å²) in [5, 5.41) is 18.3. The van der Waals surface area contributed by atoms with Gasteiger partial charge in [-0.25, -0.2) is 0 Å². The molecule has 0 aromatic heterocycles. The largest absolute Gasteiger partial charge is 0.407 e. The number of alkyl halides is 1. The van der Waals surface area contributed by atoms with Crippen molar-refractivity contribution in [2.45, 2.75) is 19.1 Å². The lowest BCUT2D eigenvalue weighted by molar-refractivity contribution is 0.252. The van der Waals surface area contributed by atoms with Crippen molar-refractivity contribution in [1.29, 1.82) is 0 Å². The number of aliphatic hydroxyl groups excluding tert-OH is 2. The maximum Gasteiger partial charge on any atom is 0.141 e. The molecule has 2 atom stereocenters. The summed E-state index contributed by atoms with van der Waals surface area (Å²) in [6.07, 6.45) is 3.23. The zero-order chi connectivity index (χ0) is 19.2. The van der Waals surface area contributed by atoms with Crippen LogP contribution in [0.5, 0.6) is 11.5 Å². The maximum atomic E-state index is 8.95. The zero-order valence-corrected chi connectivity index (χ0v) is 15.5. The second kappa shape index (κ2) is 12.9. The fraction of sp³-hybridized carbons (Fsp3) is 0.200. The van der Waals surface area contributed by atoms with Crippen molar-refractivity contribution in [2.75, 3.05) is 5.88 Å². The molecule has 26 heavy (non-hydrogen) atoms. The lowest BCUT2D eigenvalue weighted by Crippen LogP contribution is -2.04. The minimum Gasteiger partial charge on any atom is -0.407 e. The lowest BCUT2D eigenvalue weighted by atomic mass is 10.3. The van der Waals surface area contributed by atoms with Crippen LogP contribution < -0.4 is 9.47 Å².